The molecule has 1 aliphatic carbocycles. The van der Waals surface area contributed by atoms with Crippen molar-refractivity contribution in [1.82, 2.24) is 9.29 Å². The maximum absolute atomic E-state index is 14.8. The molecule has 0 bridgehead atoms. The molecule has 1 saturated heterocycles. The van der Waals surface area contributed by atoms with Crippen LogP contribution < -0.4 is 4.90 Å². The standard InChI is InChI=1S/C30H29F4N3O6S/c1-16-24(31)26(33)27(34)28(25(16)32)44(42,43)37-12-11-22(37)29(39)36(20-9-10-21(30(40)41)23(38)13-20)15-19-8-7-18(14-35-19)17-5-3-2-4-6-17/h7-10,13-14,17,22,38H,2-6,11-12,15H2,1H3,(H,40,41)/t22-/m1/s1. The van der Waals surface area contributed by atoms with E-state index in [-0.39, 0.29) is 25.2 Å². The number of aromatic carboxylic acids is 1. The van der Waals surface area contributed by atoms with Gasteiger partial charge < -0.3 is 15.1 Å². The number of sulfonamides is 1. The summed E-state index contributed by atoms with van der Waals surface area (Å²) in [5.41, 5.74) is -0.0486. The Hall–Kier alpha value is -4.04. The Morgan fingerprint density at radius 3 is 2.25 bits per heavy atom. The number of carbonyl (C=O) groups excluding carboxylic acids is 1. The molecule has 14 heteroatoms. The lowest BCUT2D eigenvalue weighted by molar-refractivity contribution is -0.125. The van der Waals surface area contributed by atoms with Crippen molar-refractivity contribution in [1.29, 1.82) is 0 Å². The number of rotatable bonds is 8. The molecule has 2 aromatic carbocycles. The number of aromatic hydroxyl groups is 1. The summed E-state index contributed by atoms with van der Waals surface area (Å²) in [5.74, 6) is -10.7. The van der Waals surface area contributed by atoms with Gasteiger partial charge in [0.1, 0.15) is 17.4 Å². The van der Waals surface area contributed by atoms with Crippen molar-refractivity contribution in [2.75, 3.05) is 11.4 Å². The van der Waals surface area contributed by atoms with Gasteiger partial charge in [0.25, 0.3) is 0 Å². The maximum atomic E-state index is 14.8. The number of hydrogen-bond acceptors (Lipinski definition) is 6. The monoisotopic (exact) mass is 635 g/mol. The molecule has 1 amide bonds. The van der Waals surface area contributed by atoms with Crippen molar-refractivity contribution in [2.24, 2.45) is 0 Å². The van der Waals surface area contributed by atoms with E-state index in [1.54, 1.807) is 12.3 Å². The number of benzene rings is 2. The third-order valence-electron chi connectivity index (χ3n) is 8.30. The molecule has 0 spiro atoms. The lowest BCUT2D eigenvalue weighted by atomic mass is 9.85. The number of aromatic nitrogens is 1. The second kappa shape index (κ2) is 12.2. The van der Waals surface area contributed by atoms with Crippen LogP contribution in [-0.4, -0.2) is 52.4 Å². The summed E-state index contributed by atoms with van der Waals surface area (Å²) in [7, 11) is -5.17. The van der Waals surface area contributed by atoms with Crippen molar-refractivity contribution in [2.45, 2.75) is 68.8 Å². The zero-order chi connectivity index (χ0) is 31.9. The molecule has 1 saturated carbocycles. The number of carbonyl (C=O) groups is 2. The molecule has 2 N–H and O–H groups in total. The summed E-state index contributed by atoms with van der Waals surface area (Å²) < 4.78 is 84.6. The smallest absolute Gasteiger partial charge is 0.339 e. The van der Waals surface area contributed by atoms with Crippen molar-refractivity contribution in [3.63, 3.8) is 0 Å². The quantitative estimate of drug-likeness (QED) is 0.193. The molecule has 1 aliphatic heterocycles. The van der Waals surface area contributed by atoms with Gasteiger partial charge in [-0.25, -0.2) is 30.8 Å². The highest BCUT2D eigenvalue weighted by Crippen LogP contribution is 2.36. The SMILES string of the molecule is Cc1c(F)c(F)c(F)c(S(=O)(=O)N2CC[C@@H]2C(=O)N(Cc2ccc(C3CCCCC3)cn2)c2ccc(C(=O)O)c(O)c2)c1F. The van der Waals surface area contributed by atoms with E-state index in [2.05, 4.69) is 4.98 Å². The van der Waals surface area contributed by atoms with E-state index in [0.29, 0.717) is 15.9 Å². The normalized spacial score (nSPS) is 17.7. The summed E-state index contributed by atoms with van der Waals surface area (Å²) in [4.78, 5) is 29.2. The van der Waals surface area contributed by atoms with Gasteiger partial charge in [-0.15, -0.1) is 0 Å². The van der Waals surface area contributed by atoms with Crippen molar-refractivity contribution < 1.29 is 45.8 Å². The lowest BCUT2D eigenvalue weighted by Gasteiger charge is -2.41. The molecule has 5 rings (SSSR count). The highest BCUT2D eigenvalue weighted by atomic mass is 32.2. The Morgan fingerprint density at radius 2 is 1.68 bits per heavy atom. The minimum absolute atomic E-state index is 0.000868. The number of carboxylic acid groups (broad SMARTS) is 1. The first-order valence-corrected chi connectivity index (χ1v) is 15.4. The molecular formula is C30H29F4N3O6S. The Morgan fingerprint density at radius 1 is 0.977 bits per heavy atom. The number of pyridine rings is 1. The molecule has 3 aromatic rings. The Bertz CT molecular complexity index is 1700. The van der Waals surface area contributed by atoms with Crippen LogP contribution in [0.3, 0.4) is 0 Å². The van der Waals surface area contributed by atoms with E-state index in [1.807, 2.05) is 6.07 Å². The fourth-order valence-corrected chi connectivity index (χ4v) is 7.49. The summed E-state index contributed by atoms with van der Waals surface area (Å²) in [6.07, 6.45) is 7.10. The summed E-state index contributed by atoms with van der Waals surface area (Å²) in [5, 5.41) is 19.6. The number of amides is 1. The number of anilines is 1. The third kappa shape index (κ3) is 5.63. The van der Waals surface area contributed by atoms with Gasteiger partial charge in [-0.05, 0) is 55.9 Å². The van der Waals surface area contributed by atoms with Crippen molar-refractivity contribution >= 4 is 27.6 Å². The van der Waals surface area contributed by atoms with Crippen LogP contribution in [0.2, 0.25) is 0 Å². The molecule has 2 fully saturated rings. The minimum atomic E-state index is -5.17. The van der Waals surface area contributed by atoms with E-state index >= 15 is 0 Å². The van der Waals surface area contributed by atoms with Gasteiger partial charge >= 0.3 is 5.97 Å². The number of halogens is 4. The molecule has 2 aliphatic rings. The van der Waals surface area contributed by atoms with Gasteiger partial charge in [0.15, 0.2) is 28.2 Å². The predicted octanol–water partition coefficient (Wildman–Crippen LogP) is 5.39. The fraction of sp³-hybridized carbons (Fsp3) is 0.367. The Balaban J connectivity index is 1.49. The number of nitrogens with zero attached hydrogens (tertiary/aromatic N) is 3. The summed E-state index contributed by atoms with van der Waals surface area (Å²) >= 11 is 0. The molecule has 44 heavy (non-hydrogen) atoms. The van der Waals surface area contributed by atoms with Crippen LogP contribution in [-0.2, 0) is 21.4 Å². The molecule has 1 aromatic heterocycles. The van der Waals surface area contributed by atoms with Gasteiger partial charge in [0.2, 0.25) is 15.9 Å². The van der Waals surface area contributed by atoms with E-state index in [1.165, 1.54) is 12.5 Å². The highest BCUT2D eigenvalue weighted by molar-refractivity contribution is 7.89. The molecular weight excluding hydrogens is 606 g/mol. The van der Waals surface area contributed by atoms with Crippen LogP contribution in [0.15, 0.2) is 41.4 Å². The summed E-state index contributed by atoms with van der Waals surface area (Å²) in [6.45, 7) is 0.181. The largest absolute Gasteiger partial charge is 0.507 e. The van der Waals surface area contributed by atoms with Crippen LogP contribution in [0.25, 0.3) is 0 Å². The van der Waals surface area contributed by atoms with E-state index in [0.717, 1.165) is 55.2 Å². The predicted molar refractivity (Wildman–Crippen MR) is 150 cm³/mol. The fourth-order valence-electron chi connectivity index (χ4n) is 5.68. The number of hydrogen-bond donors (Lipinski definition) is 2. The number of carboxylic acids is 1. The lowest BCUT2D eigenvalue weighted by Crippen LogP contribution is -2.59. The molecule has 0 radical (unpaired) electrons. The zero-order valence-corrected chi connectivity index (χ0v) is 24.4. The first-order chi connectivity index (χ1) is 20.8. The average molecular weight is 636 g/mol. The van der Waals surface area contributed by atoms with Gasteiger partial charge in [-0.3, -0.25) is 9.78 Å². The third-order valence-corrected chi connectivity index (χ3v) is 10.2. The second-order valence-corrected chi connectivity index (χ2v) is 12.8. The van der Waals surface area contributed by atoms with Gasteiger partial charge in [0, 0.05) is 30.1 Å². The van der Waals surface area contributed by atoms with E-state index in [9.17, 15) is 45.8 Å². The number of phenols is 1. The van der Waals surface area contributed by atoms with Crippen LogP contribution in [0.1, 0.15) is 71.6 Å². The van der Waals surface area contributed by atoms with E-state index in [4.69, 9.17) is 0 Å². The van der Waals surface area contributed by atoms with E-state index < -0.39 is 73.0 Å². The molecule has 2 heterocycles. The van der Waals surface area contributed by atoms with Gasteiger partial charge in [0.05, 0.1) is 12.2 Å². The molecule has 234 valence electrons. The van der Waals surface area contributed by atoms with Crippen molar-refractivity contribution in [3.8, 4) is 5.75 Å². The topological polar surface area (TPSA) is 128 Å². The first kappa shape index (κ1) is 31.4. The van der Waals surface area contributed by atoms with Gasteiger partial charge in [-0.1, -0.05) is 25.3 Å². The van der Waals surface area contributed by atoms with Gasteiger partial charge in [-0.2, -0.15) is 4.31 Å². The molecule has 0 unspecified atom stereocenters. The van der Waals surface area contributed by atoms with Crippen LogP contribution in [0.5, 0.6) is 5.75 Å². The zero-order valence-electron chi connectivity index (χ0n) is 23.6. The highest BCUT2D eigenvalue weighted by Gasteiger charge is 2.47. The Kier molecular flexibility index (Phi) is 8.67. The maximum Gasteiger partial charge on any atom is 0.339 e. The van der Waals surface area contributed by atoms with Crippen LogP contribution in [0.4, 0.5) is 23.2 Å². The Labute approximate surface area is 250 Å². The average Bonchev–Trinajstić information content (AvgIpc) is 2.97. The second-order valence-electron chi connectivity index (χ2n) is 11.0. The minimum Gasteiger partial charge on any atom is -0.507 e. The first-order valence-electron chi connectivity index (χ1n) is 14.0. The van der Waals surface area contributed by atoms with Crippen LogP contribution >= 0.6 is 0 Å². The molecule has 9 nitrogen and oxygen atoms in total. The van der Waals surface area contributed by atoms with Crippen molar-refractivity contribution in [3.05, 3.63) is 82.2 Å². The molecule has 1 atom stereocenters. The summed E-state index contributed by atoms with van der Waals surface area (Å²) in [6, 6.07) is 5.43. The van der Waals surface area contributed by atoms with Crippen LogP contribution in [0, 0.1) is 30.2 Å².